The SMILES string of the molecule is CC(=O)Oc1nc2c3c(nc(-c4cc(NC(=O)OC(C)(C)C)cc(F)c4OC(F)(F)F)c(F)c3c1C)O[C@@H](C)[C@@H]1[C@@H]3CC[C@](C)(CN21)N3C(=O)OC(C)(C)C. The van der Waals surface area contributed by atoms with Gasteiger partial charge in [-0.05, 0) is 81.2 Å². The number of aryl methyl sites for hydroxylation is 1. The van der Waals surface area contributed by atoms with Crippen molar-refractivity contribution in [3.05, 3.63) is 29.3 Å². The largest absolute Gasteiger partial charge is 0.573 e. The smallest absolute Gasteiger partial charge is 0.472 e. The predicted molar refractivity (Wildman–Crippen MR) is 188 cm³/mol. The zero-order chi connectivity index (χ0) is 40.7. The second kappa shape index (κ2) is 13.3. The van der Waals surface area contributed by atoms with E-state index in [4.69, 9.17) is 18.9 Å². The van der Waals surface area contributed by atoms with Crippen molar-refractivity contribution in [1.29, 1.82) is 0 Å². The van der Waals surface area contributed by atoms with Gasteiger partial charge in [0.2, 0.25) is 11.8 Å². The molecule has 1 aromatic carbocycles. The number of rotatable bonds is 4. The van der Waals surface area contributed by atoms with Crippen molar-refractivity contribution in [2.45, 2.75) is 123 Å². The molecule has 2 aromatic heterocycles. The van der Waals surface area contributed by atoms with E-state index < -0.39 is 93.8 Å². The average molecular weight is 780 g/mol. The lowest BCUT2D eigenvalue weighted by Crippen LogP contribution is -2.69. The molecule has 2 saturated heterocycles. The predicted octanol–water partition coefficient (Wildman–Crippen LogP) is 8.18. The highest BCUT2D eigenvalue weighted by Crippen LogP contribution is 2.52. The molecule has 6 rings (SSSR count). The van der Waals surface area contributed by atoms with Crippen molar-refractivity contribution >= 4 is 40.4 Å². The minimum absolute atomic E-state index is 0.000448. The lowest BCUT2D eigenvalue weighted by atomic mass is 9.93. The van der Waals surface area contributed by atoms with E-state index in [-0.39, 0.29) is 40.5 Å². The van der Waals surface area contributed by atoms with Crippen LogP contribution in [0.4, 0.5) is 43.0 Å². The quantitative estimate of drug-likeness (QED) is 0.202. The number of piperazine rings is 1. The minimum atomic E-state index is -5.44. The molecule has 0 radical (unpaired) electrons. The number of halogens is 5. The Kier molecular flexibility index (Phi) is 9.53. The normalized spacial score (nSPS) is 22.1. The molecular weight excluding hydrogens is 737 g/mol. The van der Waals surface area contributed by atoms with Crippen LogP contribution in [0.25, 0.3) is 22.0 Å². The minimum Gasteiger partial charge on any atom is -0.472 e. The van der Waals surface area contributed by atoms with E-state index in [0.717, 1.165) is 13.0 Å². The fourth-order valence-corrected chi connectivity index (χ4v) is 7.60. The van der Waals surface area contributed by atoms with Crippen LogP contribution in [0.2, 0.25) is 0 Å². The molecule has 18 heteroatoms. The zero-order valence-corrected chi connectivity index (χ0v) is 32.0. The van der Waals surface area contributed by atoms with E-state index in [9.17, 15) is 27.6 Å². The molecular formula is C37H42F5N5O8. The topological polar surface area (TPSA) is 142 Å². The van der Waals surface area contributed by atoms with Crippen molar-refractivity contribution in [1.82, 2.24) is 14.9 Å². The summed E-state index contributed by atoms with van der Waals surface area (Å²) in [5, 5.41) is 1.95. The van der Waals surface area contributed by atoms with Gasteiger partial charge in [0.1, 0.15) is 28.8 Å². The van der Waals surface area contributed by atoms with Crippen LogP contribution in [-0.2, 0) is 14.3 Å². The number of ether oxygens (including phenoxy) is 5. The summed E-state index contributed by atoms with van der Waals surface area (Å²) in [6, 6.07) is 0.228. The van der Waals surface area contributed by atoms with Crippen molar-refractivity contribution in [2.24, 2.45) is 0 Å². The summed E-state index contributed by atoms with van der Waals surface area (Å²) >= 11 is 0. The van der Waals surface area contributed by atoms with Crippen LogP contribution in [0.3, 0.4) is 0 Å². The fourth-order valence-electron chi connectivity index (χ4n) is 7.60. The monoisotopic (exact) mass is 779 g/mol. The molecule has 3 aliphatic rings. The number of nitrogens with zero attached hydrogens (tertiary/aromatic N) is 4. The fraction of sp³-hybridized carbons (Fsp3) is 0.541. The van der Waals surface area contributed by atoms with Crippen molar-refractivity contribution in [3.8, 4) is 28.8 Å². The Bertz CT molecular complexity index is 2100. The molecule has 4 atom stereocenters. The second-order valence-corrected chi connectivity index (χ2v) is 16.2. The van der Waals surface area contributed by atoms with Gasteiger partial charge in [0.25, 0.3) is 0 Å². The maximum Gasteiger partial charge on any atom is 0.573 e. The highest BCUT2D eigenvalue weighted by Gasteiger charge is 2.59. The first-order valence-corrected chi connectivity index (χ1v) is 17.5. The molecule has 3 aliphatic heterocycles. The highest BCUT2D eigenvalue weighted by atomic mass is 19.4. The second-order valence-electron chi connectivity index (χ2n) is 16.2. The number of aromatic nitrogens is 2. The van der Waals surface area contributed by atoms with Gasteiger partial charge in [-0.1, -0.05) is 0 Å². The standard InChI is InChI=1S/C37H42F5N5O8/c1-16-23-24-29(45-30(16)52-18(3)48)46-15-36(10)12-11-22(47(36)33(50)55-35(7,8)9)27(46)17(2)51-31(24)44-26(25(23)39)20-13-19(43-32(49)54-34(4,5)6)14-21(38)28(20)53-37(40,41)42/h13-14,17,22,27H,11-12,15H2,1-10H3,(H,43,49)/t17-,22-,27+,36+/m0/s1. The molecule has 2 bridgehead atoms. The van der Waals surface area contributed by atoms with Gasteiger partial charge >= 0.3 is 24.5 Å². The van der Waals surface area contributed by atoms with Crippen LogP contribution in [-0.4, -0.2) is 80.9 Å². The molecule has 0 unspecified atom stereocenters. The Morgan fingerprint density at radius 3 is 2.25 bits per heavy atom. The van der Waals surface area contributed by atoms with Gasteiger partial charge in [0, 0.05) is 36.2 Å². The number of nitrogens with one attached hydrogen (secondary N) is 1. The molecule has 13 nitrogen and oxygen atoms in total. The number of hydrogen-bond acceptors (Lipinski definition) is 11. The first-order chi connectivity index (χ1) is 25.3. The lowest BCUT2D eigenvalue weighted by Gasteiger charge is -2.52. The maximum absolute atomic E-state index is 17.3. The highest BCUT2D eigenvalue weighted by molar-refractivity contribution is 6.03. The molecule has 0 spiro atoms. The van der Waals surface area contributed by atoms with Crippen LogP contribution in [0.15, 0.2) is 12.1 Å². The Morgan fingerprint density at radius 2 is 1.65 bits per heavy atom. The van der Waals surface area contributed by atoms with Crippen LogP contribution >= 0.6 is 0 Å². The number of esters is 1. The van der Waals surface area contributed by atoms with Crippen molar-refractivity contribution in [2.75, 3.05) is 16.8 Å². The van der Waals surface area contributed by atoms with Gasteiger partial charge in [0.05, 0.1) is 28.6 Å². The number of amides is 2. The molecule has 2 fully saturated rings. The average Bonchev–Trinajstić information content (AvgIpc) is 3.19. The van der Waals surface area contributed by atoms with Gasteiger partial charge in [-0.2, -0.15) is 4.98 Å². The van der Waals surface area contributed by atoms with E-state index in [1.54, 1.807) is 53.4 Å². The van der Waals surface area contributed by atoms with E-state index in [2.05, 4.69) is 20.0 Å². The van der Waals surface area contributed by atoms with E-state index in [1.165, 1.54) is 6.92 Å². The number of hydrogen-bond donors (Lipinski definition) is 1. The summed E-state index contributed by atoms with van der Waals surface area (Å²) in [6.45, 7) is 16.2. The summed E-state index contributed by atoms with van der Waals surface area (Å²) in [7, 11) is 0. The third kappa shape index (κ3) is 7.59. The molecule has 298 valence electrons. The van der Waals surface area contributed by atoms with Gasteiger partial charge in [0.15, 0.2) is 17.4 Å². The summed E-state index contributed by atoms with van der Waals surface area (Å²) in [6.07, 6.45) is -6.79. The molecule has 3 aromatic rings. The number of carbonyl (C=O) groups excluding carboxylic acids is 3. The molecule has 5 heterocycles. The van der Waals surface area contributed by atoms with Crippen LogP contribution in [0.1, 0.15) is 80.7 Å². The number of carbonyl (C=O) groups is 3. The van der Waals surface area contributed by atoms with E-state index >= 15 is 8.78 Å². The summed E-state index contributed by atoms with van der Waals surface area (Å²) in [5.41, 5.74) is -4.75. The third-order valence-corrected chi connectivity index (χ3v) is 9.43. The first kappa shape index (κ1) is 39.5. The van der Waals surface area contributed by atoms with E-state index in [0.29, 0.717) is 18.9 Å². The molecule has 2 amide bonds. The van der Waals surface area contributed by atoms with Gasteiger partial charge in [-0.15, -0.1) is 13.2 Å². The number of anilines is 2. The maximum atomic E-state index is 17.3. The van der Waals surface area contributed by atoms with E-state index in [1.807, 2.05) is 11.8 Å². The van der Waals surface area contributed by atoms with Crippen molar-refractivity contribution < 1.29 is 60.0 Å². The number of fused-ring (bicyclic) bond motifs is 5. The van der Waals surface area contributed by atoms with Gasteiger partial charge in [-0.25, -0.2) is 23.4 Å². The van der Waals surface area contributed by atoms with Gasteiger partial charge < -0.3 is 28.6 Å². The molecule has 1 N–H and O–H groups in total. The summed E-state index contributed by atoms with van der Waals surface area (Å²) < 4.78 is 101. The third-order valence-electron chi connectivity index (χ3n) is 9.43. The Hall–Kier alpha value is -5.16. The summed E-state index contributed by atoms with van der Waals surface area (Å²) in [5.74, 6) is -5.62. The Balaban J connectivity index is 1.60. The molecule has 55 heavy (non-hydrogen) atoms. The lowest BCUT2D eigenvalue weighted by molar-refractivity contribution is -0.275. The zero-order valence-electron chi connectivity index (χ0n) is 32.0. The van der Waals surface area contributed by atoms with Crippen LogP contribution in [0, 0.1) is 18.6 Å². The van der Waals surface area contributed by atoms with Gasteiger partial charge in [-0.3, -0.25) is 15.0 Å². The van der Waals surface area contributed by atoms with Crippen LogP contribution in [0.5, 0.6) is 17.5 Å². The molecule has 0 aliphatic carbocycles. The first-order valence-electron chi connectivity index (χ1n) is 17.5. The Labute approximate surface area is 313 Å². The number of benzene rings is 1. The number of alkyl halides is 3. The molecule has 0 saturated carbocycles. The summed E-state index contributed by atoms with van der Waals surface area (Å²) in [4.78, 5) is 51.2. The number of pyridine rings is 2. The van der Waals surface area contributed by atoms with Crippen molar-refractivity contribution in [3.63, 3.8) is 0 Å². The van der Waals surface area contributed by atoms with Crippen LogP contribution < -0.4 is 24.4 Å². The Morgan fingerprint density at radius 1 is 1.00 bits per heavy atom.